The third-order valence-corrected chi connectivity index (χ3v) is 5.58. The van der Waals surface area contributed by atoms with Crippen LogP contribution in [0.4, 0.5) is 0 Å². The lowest BCUT2D eigenvalue weighted by atomic mass is 9.77. The maximum absolute atomic E-state index is 5.91. The molecule has 0 aliphatic carbocycles. The largest absolute Gasteiger partial charge is 0.494 e. The molecule has 2 bridgehead atoms. The highest BCUT2D eigenvalue weighted by molar-refractivity contribution is 5.85. The Morgan fingerprint density at radius 2 is 1.50 bits per heavy atom. The van der Waals surface area contributed by atoms with E-state index in [1.165, 1.54) is 38.9 Å². The molecule has 3 nitrogen and oxygen atoms in total. The van der Waals surface area contributed by atoms with Crippen molar-refractivity contribution in [3.8, 4) is 17.2 Å². The molecule has 2 aromatic rings. The highest BCUT2D eigenvalue weighted by atomic mass is 35.5. The van der Waals surface area contributed by atoms with Crippen LogP contribution in [-0.2, 0) is 0 Å². The molecule has 0 spiro atoms. The summed E-state index contributed by atoms with van der Waals surface area (Å²) in [7, 11) is 0. The van der Waals surface area contributed by atoms with Gasteiger partial charge in [0.15, 0.2) is 0 Å². The summed E-state index contributed by atoms with van der Waals surface area (Å²) in [6, 6.07) is 17.8. The minimum atomic E-state index is 0. The number of benzene rings is 2. The highest BCUT2D eigenvalue weighted by Gasteiger charge is 2.33. The van der Waals surface area contributed by atoms with Crippen LogP contribution in [0.1, 0.15) is 25.7 Å². The first kappa shape index (κ1) is 19.1. The van der Waals surface area contributed by atoms with Gasteiger partial charge >= 0.3 is 0 Å². The van der Waals surface area contributed by atoms with Crippen molar-refractivity contribution in [2.75, 3.05) is 26.2 Å². The van der Waals surface area contributed by atoms with Gasteiger partial charge in [-0.3, -0.25) is 0 Å². The molecule has 0 aromatic heterocycles. The normalized spacial score (nSPS) is 23.9. The number of nitrogens with zero attached hydrogens (tertiary/aromatic N) is 1. The van der Waals surface area contributed by atoms with Crippen molar-refractivity contribution >= 4 is 12.4 Å². The number of fused-ring (bicyclic) bond motifs is 3. The summed E-state index contributed by atoms with van der Waals surface area (Å²) in [5.74, 6) is 4.49. The number of ether oxygens (including phenoxy) is 2. The van der Waals surface area contributed by atoms with E-state index in [1.54, 1.807) is 0 Å². The zero-order valence-corrected chi connectivity index (χ0v) is 16.0. The van der Waals surface area contributed by atoms with Crippen LogP contribution >= 0.6 is 12.4 Å². The number of piperidine rings is 3. The molecule has 3 fully saturated rings. The van der Waals surface area contributed by atoms with Gasteiger partial charge in [0.1, 0.15) is 17.2 Å². The van der Waals surface area contributed by atoms with Crippen molar-refractivity contribution in [3.05, 3.63) is 54.6 Å². The summed E-state index contributed by atoms with van der Waals surface area (Å²) in [6.07, 6.45) is 5.27. The molecular formula is C22H28ClNO2. The molecule has 0 radical (unpaired) electrons. The second-order valence-corrected chi connectivity index (χ2v) is 7.28. The van der Waals surface area contributed by atoms with Crippen molar-refractivity contribution < 1.29 is 9.47 Å². The molecule has 3 saturated heterocycles. The summed E-state index contributed by atoms with van der Waals surface area (Å²) in [5, 5.41) is 0. The fourth-order valence-electron chi connectivity index (χ4n) is 4.18. The van der Waals surface area contributed by atoms with Crippen LogP contribution < -0.4 is 9.47 Å². The van der Waals surface area contributed by atoms with Gasteiger partial charge in [-0.25, -0.2) is 0 Å². The molecule has 140 valence electrons. The second-order valence-electron chi connectivity index (χ2n) is 7.28. The molecule has 5 rings (SSSR count). The SMILES string of the molecule is Cl.c1ccc(Oc2ccc(OCCCC3CN4CCC3CC4)cc2)cc1. The van der Waals surface area contributed by atoms with Crippen LogP contribution in [0.25, 0.3) is 0 Å². The van der Waals surface area contributed by atoms with E-state index in [9.17, 15) is 0 Å². The van der Waals surface area contributed by atoms with Gasteiger partial charge in [0.05, 0.1) is 6.61 Å². The number of hydrogen-bond acceptors (Lipinski definition) is 3. The van der Waals surface area contributed by atoms with Crippen molar-refractivity contribution in [2.24, 2.45) is 11.8 Å². The van der Waals surface area contributed by atoms with E-state index in [0.29, 0.717) is 0 Å². The van der Waals surface area contributed by atoms with E-state index >= 15 is 0 Å². The average molecular weight is 374 g/mol. The van der Waals surface area contributed by atoms with Gasteiger partial charge in [-0.05, 0) is 87.0 Å². The van der Waals surface area contributed by atoms with Crippen molar-refractivity contribution in [3.63, 3.8) is 0 Å². The lowest BCUT2D eigenvalue weighted by molar-refractivity contribution is 0.0438. The van der Waals surface area contributed by atoms with Crippen LogP contribution in [0.15, 0.2) is 54.6 Å². The van der Waals surface area contributed by atoms with E-state index in [1.807, 2.05) is 54.6 Å². The molecule has 3 aliphatic rings. The summed E-state index contributed by atoms with van der Waals surface area (Å²) in [6.45, 7) is 4.78. The third kappa shape index (κ3) is 4.93. The van der Waals surface area contributed by atoms with E-state index in [0.717, 1.165) is 42.1 Å². The number of rotatable bonds is 7. The fraction of sp³-hybridized carbons (Fsp3) is 0.455. The minimum Gasteiger partial charge on any atom is -0.494 e. The molecule has 3 heterocycles. The quantitative estimate of drug-likeness (QED) is 0.606. The first-order chi connectivity index (χ1) is 12.4. The maximum Gasteiger partial charge on any atom is 0.127 e. The van der Waals surface area contributed by atoms with E-state index < -0.39 is 0 Å². The molecule has 1 unspecified atom stereocenters. The van der Waals surface area contributed by atoms with Gasteiger partial charge < -0.3 is 14.4 Å². The van der Waals surface area contributed by atoms with Gasteiger partial charge in [0.2, 0.25) is 0 Å². The summed E-state index contributed by atoms with van der Waals surface area (Å²) in [5.41, 5.74) is 0. The Morgan fingerprint density at radius 3 is 2.15 bits per heavy atom. The average Bonchev–Trinajstić information content (AvgIpc) is 2.68. The molecule has 4 heteroatoms. The maximum atomic E-state index is 5.91. The first-order valence-electron chi connectivity index (χ1n) is 9.55. The molecular weight excluding hydrogens is 346 g/mol. The van der Waals surface area contributed by atoms with Crippen molar-refractivity contribution in [2.45, 2.75) is 25.7 Å². The predicted octanol–water partition coefficient (Wildman–Crippen LogP) is 5.40. The highest BCUT2D eigenvalue weighted by Crippen LogP contribution is 2.34. The van der Waals surface area contributed by atoms with Gasteiger partial charge in [-0.15, -0.1) is 12.4 Å². The van der Waals surface area contributed by atoms with Crippen molar-refractivity contribution in [1.29, 1.82) is 0 Å². The number of halogens is 1. The Morgan fingerprint density at radius 1 is 0.846 bits per heavy atom. The molecule has 0 amide bonds. The Kier molecular flexibility index (Phi) is 6.81. The van der Waals surface area contributed by atoms with Gasteiger partial charge in [0.25, 0.3) is 0 Å². The molecule has 26 heavy (non-hydrogen) atoms. The second kappa shape index (κ2) is 9.29. The van der Waals surface area contributed by atoms with Crippen LogP contribution in [0.2, 0.25) is 0 Å². The van der Waals surface area contributed by atoms with Gasteiger partial charge in [0, 0.05) is 6.54 Å². The van der Waals surface area contributed by atoms with Crippen molar-refractivity contribution in [1.82, 2.24) is 4.90 Å². The van der Waals surface area contributed by atoms with E-state index in [2.05, 4.69) is 4.90 Å². The lowest BCUT2D eigenvalue weighted by Crippen LogP contribution is -2.47. The predicted molar refractivity (Wildman–Crippen MR) is 108 cm³/mol. The van der Waals surface area contributed by atoms with Gasteiger partial charge in [-0.2, -0.15) is 0 Å². The zero-order chi connectivity index (χ0) is 16.9. The molecule has 0 N–H and O–H groups in total. The smallest absolute Gasteiger partial charge is 0.127 e. The Balaban J connectivity index is 0.00000196. The first-order valence-corrected chi connectivity index (χ1v) is 9.55. The van der Waals surface area contributed by atoms with E-state index in [4.69, 9.17) is 9.47 Å². The molecule has 2 aromatic carbocycles. The Hall–Kier alpha value is -1.71. The Labute approximate surface area is 162 Å². The fourth-order valence-corrected chi connectivity index (χ4v) is 4.18. The number of hydrogen-bond donors (Lipinski definition) is 0. The number of para-hydroxylation sites is 1. The lowest BCUT2D eigenvalue weighted by Gasteiger charge is -2.45. The Bertz CT molecular complexity index is 654. The monoisotopic (exact) mass is 373 g/mol. The molecule has 1 atom stereocenters. The van der Waals surface area contributed by atoms with Crippen LogP contribution in [-0.4, -0.2) is 31.1 Å². The van der Waals surface area contributed by atoms with E-state index in [-0.39, 0.29) is 12.4 Å². The molecule has 3 aliphatic heterocycles. The standard InChI is InChI=1S/C22H27NO2.ClH/c1-2-6-21(7-3-1)25-22-10-8-20(9-11-22)24-16-4-5-19-17-23-14-12-18(19)13-15-23;/h1-3,6-11,18-19H,4-5,12-17H2;1H. The van der Waals surface area contributed by atoms with Crippen LogP contribution in [0.5, 0.6) is 17.2 Å². The summed E-state index contributed by atoms with van der Waals surface area (Å²) >= 11 is 0. The minimum absolute atomic E-state index is 0. The topological polar surface area (TPSA) is 21.7 Å². The molecule has 0 saturated carbocycles. The van der Waals surface area contributed by atoms with Gasteiger partial charge in [-0.1, -0.05) is 18.2 Å². The summed E-state index contributed by atoms with van der Waals surface area (Å²) in [4.78, 5) is 2.64. The van der Waals surface area contributed by atoms with Crippen LogP contribution in [0, 0.1) is 11.8 Å². The summed E-state index contributed by atoms with van der Waals surface area (Å²) < 4.78 is 11.7. The van der Waals surface area contributed by atoms with Crippen LogP contribution in [0.3, 0.4) is 0 Å². The third-order valence-electron chi connectivity index (χ3n) is 5.58. The zero-order valence-electron chi connectivity index (χ0n) is 15.2.